The van der Waals surface area contributed by atoms with E-state index in [0.717, 1.165) is 38.9 Å². The molecule has 0 N–H and O–H groups in total. The summed E-state index contributed by atoms with van der Waals surface area (Å²) in [6, 6.07) is 77.0. The van der Waals surface area contributed by atoms with E-state index in [0.29, 0.717) is 6.61 Å². The second-order valence-corrected chi connectivity index (χ2v) is 21.9. The fraction of sp³-hybridized carbons (Fsp3) is 0.284. The van der Waals surface area contributed by atoms with E-state index in [-0.39, 0.29) is 57.8 Å². The Morgan fingerprint density at radius 3 is 0.950 bits per heavy atom. The molecular weight excluding hydrogens is 1030 g/mol. The van der Waals surface area contributed by atoms with Crippen LogP contribution in [0.1, 0.15) is 38.9 Å². The Morgan fingerprint density at radius 1 is 0.287 bits per heavy atom. The summed E-state index contributed by atoms with van der Waals surface area (Å²) in [6.07, 6.45) is -8.65. The van der Waals surface area contributed by atoms with Crippen LogP contribution in [0.2, 0.25) is 0 Å². The molecule has 12 nitrogen and oxygen atoms in total. The molecule has 13 heteroatoms. The second-order valence-electron chi connectivity index (χ2n) is 19.8. The highest BCUT2D eigenvalue weighted by Gasteiger charge is 2.55. The van der Waals surface area contributed by atoms with Crippen LogP contribution < -0.4 is 0 Å². The van der Waals surface area contributed by atoms with Gasteiger partial charge in [0.1, 0.15) is 48.8 Å². The highest BCUT2D eigenvalue weighted by atomic mass is 32.2. The third-order valence-corrected chi connectivity index (χ3v) is 16.0. The third kappa shape index (κ3) is 15.6. The lowest BCUT2D eigenvalue weighted by molar-refractivity contribution is -0.337. The van der Waals surface area contributed by atoms with E-state index in [1.165, 1.54) is 0 Å². The van der Waals surface area contributed by atoms with Gasteiger partial charge in [-0.25, -0.2) is 8.42 Å². The highest BCUT2D eigenvalue weighted by molar-refractivity contribution is 7.92. The molecule has 0 saturated carbocycles. The Kier molecular flexibility index (Phi) is 20.6. The Morgan fingerprint density at radius 2 is 0.575 bits per heavy atom. The predicted molar refractivity (Wildman–Crippen MR) is 303 cm³/mol. The zero-order valence-electron chi connectivity index (χ0n) is 44.5. The zero-order chi connectivity index (χ0) is 54.6. The van der Waals surface area contributed by atoms with Gasteiger partial charge in [0.2, 0.25) is 9.84 Å². The van der Waals surface area contributed by atoms with Gasteiger partial charge in [0.15, 0.2) is 11.7 Å². The van der Waals surface area contributed by atoms with Gasteiger partial charge in [-0.3, -0.25) is 0 Å². The minimum Gasteiger partial charge on any atom is -0.374 e. The van der Waals surface area contributed by atoms with Gasteiger partial charge < -0.3 is 47.4 Å². The van der Waals surface area contributed by atoms with E-state index in [1.807, 2.05) is 212 Å². The van der Waals surface area contributed by atoms with Gasteiger partial charge in [-0.2, -0.15) is 0 Å². The molecule has 0 aliphatic carbocycles. The maximum atomic E-state index is 15.3. The molecule has 8 aromatic carbocycles. The van der Waals surface area contributed by atoms with Gasteiger partial charge in [0, 0.05) is 0 Å². The normalized spacial score (nSPS) is 23.1. The Labute approximate surface area is 470 Å². The molecule has 2 fully saturated rings. The smallest absolute Gasteiger partial charge is 0.207 e. The molecule has 10 atom stereocenters. The van der Waals surface area contributed by atoms with Crippen molar-refractivity contribution in [3.05, 3.63) is 282 Å². The van der Waals surface area contributed by atoms with Gasteiger partial charge in [-0.1, -0.05) is 231 Å². The van der Waals surface area contributed by atoms with Crippen LogP contribution in [0.4, 0.5) is 0 Å². The summed E-state index contributed by atoms with van der Waals surface area (Å²) < 4.78 is 100.0. The Hall–Kier alpha value is -6.69. The lowest BCUT2D eigenvalue weighted by atomic mass is 9.97. The van der Waals surface area contributed by atoms with Crippen molar-refractivity contribution in [3.63, 3.8) is 0 Å². The molecule has 10 rings (SSSR count). The average Bonchev–Trinajstić information content (AvgIpc) is 3.71. The van der Waals surface area contributed by atoms with Crippen molar-refractivity contribution in [1.82, 2.24) is 0 Å². The standard InChI is InChI=1S/C67H68O12S/c68-80(69,57-39-23-8-24-40-57)67-65(76-47-56-37-21-7-22-38-56)63(74-45-54-33-17-5-18-34-54)61(72-43-52-29-13-3-14-30-52)59(79-67)49-77-66-64(75-46-55-35-19-6-20-36-55)62(73-44-53-31-15-4-16-32-53)60(71-42-51-27-11-2-12-28-51)58(78-66)48-70-41-50-25-9-1-10-26-50/h1-40,58-67H,41-49H2/t58-,59-,60-,61-,62+,63+,64+,65+,66+,67-/m1/s1. The molecule has 0 bridgehead atoms. The number of hydrogen-bond acceptors (Lipinski definition) is 12. The van der Waals surface area contributed by atoms with Gasteiger partial charge in [-0.15, -0.1) is 0 Å². The second kappa shape index (κ2) is 29.2. The van der Waals surface area contributed by atoms with E-state index < -0.39 is 70.4 Å². The fourth-order valence-corrected chi connectivity index (χ4v) is 11.6. The van der Waals surface area contributed by atoms with E-state index in [1.54, 1.807) is 30.3 Å². The van der Waals surface area contributed by atoms with Crippen LogP contribution in [-0.4, -0.2) is 82.2 Å². The molecule has 2 aliphatic rings. The molecule has 2 saturated heterocycles. The summed E-state index contributed by atoms with van der Waals surface area (Å²) in [5.41, 5.74) is 4.83. The molecule has 0 amide bonds. The molecule has 414 valence electrons. The molecular formula is C67H68O12S. The minimum absolute atomic E-state index is 0.0618. The predicted octanol–water partition coefficient (Wildman–Crippen LogP) is 11.7. The lowest BCUT2D eigenvalue weighted by Gasteiger charge is -2.48. The van der Waals surface area contributed by atoms with E-state index in [9.17, 15) is 0 Å². The van der Waals surface area contributed by atoms with Crippen LogP contribution >= 0.6 is 0 Å². The number of benzene rings is 8. The molecule has 0 radical (unpaired) electrons. The monoisotopic (exact) mass is 1100 g/mol. The van der Waals surface area contributed by atoms with E-state index >= 15 is 8.42 Å². The van der Waals surface area contributed by atoms with Crippen LogP contribution in [0.5, 0.6) is 0 Å². The van der Waals surface area contributed by atoms with Crippen molar-refractivity contribution in [3.8, 4) is 0 Å². The Bertz CT molecular complexity index is 3110. The minimum atomic E-state index is -4.32. The largest absolute Gasteiger partial charge is 0.374 e. The summed E-state index contributed by atoms with van der Waals surface area (Å²) >= 11 is 0. The summed E-state index contributed by atoms with van der Waals surface area (Å²) in [7, 11) is -4.32. The van der Waals surface area contributed by atoms with Crippen LogP contribution in [0.25, 0.3) is 0 Å². The van der Waals surface area contributed by atoms with Gasteiger partial charge in [0.25, 0.3) is 0 Å². The summed E-state index contributed by atoms with van der Waals surface area (Å²) in [5.74, 6) is 0. The van der Waals surface area contributed by atoms with Crippen molar-refractivity contribution in [2.45, 2.75) is 112 Å². The SMILES string of the molecule is O=S(=O)(c1ccccc1)[C@H]1O[C@H](CO[C@H]2O[C@H](COCc3ccccc3)[C@@H](OCc3ccccc3)[C@H](OCc3ccccc3)[C@@H]2OCc2ccccc2)[C@@H](OCc2ccccc2)[C@H](OCc2ccccc2)[C@@H]1OCc1ccccc1. The molecule has 8 aromatic rings. The zero-order valence-corrected chi connectivity index (χ0v) is 45.4. The molecule has 2 aliphatic heterocycles. The molecule has 0 aromatic heterocycles. The van der Waals surface area contributed by atoms with E-state index in [4.69, 9.17) is 47.4 Å². The fourth-order valence-electron chi connectivity index (χ4n) is 9.94. The summed E-state index contributed by atoms with van der Waals surface area (Å²) in [6.45, 7) is 1.13. The first-order valence-electron chi connectivity index (χ1n) is 27.2. The lowest BCUT2D eigenvalue weighted by Crippen LogP contribution is -2.64. The van der Waals surface area contributed by atoms with Crippen LogP contribution in [0.15, 0.2) is 248 Å². The van der Waals surface area contributed by atoms with Crippen molar-refractivity contribution < 1.29 is 55.8 Å². The molecule has 0 unspecified atom stereocenters. The number of sulfone groups is 1. The molecule has 80 heavy (non-hydrogen) atoms. The topological polar surface area (TPSA) is 126 Å². The quantitative estimate of drug-likeness (QED) is 0.0486. The number of ether oxygens (including phenoxy) is 10. The first-order chi connectivity index (χ1) is 39.4. The van der Waals surface area contributed by atoms with E-state index in [2.05, 4.69) is 0 Å². The van der Waals surface area contributed by atoms with Crippen LogP contribution in [0.3, 0.4) is 0 Å². The maximum Gasteiger partial charge on any atom is 0.207 e. The van der Waals surface area contributed by atoms with Crippen LogP contribution in [0, 0.1) is 0 Å². The average molecular weight is 1100 g/mol. The van der Waals surface area contributed by atoms with Crippen LogP contribution in [-0.2, 0) is 103 Å². The first kappa shape index (κ1) is 56.6. The van der Waals surface area contributed by atoms with Crippen molar-refractivity contribution in [1.29, 1.82) is 0 Å². The number of hydrogen-bond donors (Lipinski definition) is 0. The number of rotatable bonds is 27. The highest BCUT2D eigenvalue weighted by Crippen LogP contribution is 2.37. The first-order valence-corrected chi connectivity index (χ1v) is 28.8. The maximum absolute atomic E-state index is 15.3. The molecule has 2 heterocycles. The summed E-state index contributed by atoms with van der Waals surface area (Å²) in [5, 5.41) is 0. The Balaban J connectivity index is 1.04. The van der Waals surface area contributed by atoms with Crippen molar-refractivity contribution >= 4 is 9.84 Å². The van der Waals surface area contributed by atoms with Gasteiger partial charge in [0.05, 0.1) is 64.4 Å². The molecule has 0 spiro atoms. The third-order valence-electron chi connectivity index (χ3n) is 14.1. The summed E-state index contributed by atoms with van der Waals surface area (Å²) in [4.78, 5) is 0.0618. The van der Waals surface area contributed by atoms with Crippen molar-refractivity contribution in [2.24, 2.45) is 0 Å². The van der Waals surface area contributed by atoms with Gasteiger partial charge in [-0.05, 0) is 51.1 Å². The van der Waals surface area contributed by atoms with Gasteiger partial charge >= 0.3 is 0 Å². The van der Waals surface area contributed by atoms with Crippen molar-refractivity contribution in [2.75, 3.05) is 13.2 Å².